The zero-order valence-corrected chi connectivity index (χ0v) is 42.7. The van der Waals surface area contributed by atoms with Crippen LogP contribution in [0.5, 0.6) is 0 Å². The van der Waals surface area contributed by atoms with E-state index in [9.17, 15) is 0 Å². The van der Waals surface area contributed by atoms with Gasteiger partial charge in [0.2, 0.25) is 0 Å². The van der Waals surface area contributed by atoms with E-state index in [-0.39, 0.29) is 17.5 Å². The first-order valence-electron chi connectivity index (χ1n) is 26.7. The van der Waals surface area contributed by atoms with Gasteiger partial charge in [-0.2, -0.15) is 0 Å². The lowest BCUT2D eigenvalue weighted by Crippen LogP contribution is -2.61. The van der Waals surface area contributed by atoms with Gasteiger partial charge in [0.25, 0.3) is 6.71 Å². The fourth-order valence-electron chi connectivity index (χ4n) is 12.4. The van der Waals surface area contributed by atoms with E-state index in [1.165, 1.54) is 126 Å². The van der Waals surface area contributed by atoms with E-state index in [1.54, 1.807) is 0 Å². The number of anilines is 6. The SMILES string of the molecule is CC(C)(C)c1ccc(N2c3ccc(C4CCCCC4)cc3B3c4cc(C5CCCCC5)ccc4N(c4ccc(C(C)(C)C)cc4)c4cc(-c5nc(-c6ccccc6)cc(-c6ccccc6)n5)cc2c43)cc1. The summed E-state index contributed by atoms with van der Waals surface area (Å²) in [5, 5.41) is 0. The Kier molecular flexibility index (Phi) is 11.6. The molecule has 2 aliphatic carbocycles. The van der Waals surface area contributed by atoms with E-state index >= 15 is 0 Å². The third-order valence-electron chi connectivity index (χ3n) is 16.4. The van der Waals surface area contributed by atoms with Crippen LogP contribution in [0.2, 0.25) is 0 Å². The number of benzene rings is 7. The third kappa shape index (κ3) is 8.49. The van der Waals surface area contributed by atoms with Crippen molar-refractivity contribution in [2.45, 2.75) is 128 Å². The molecule has 7 aromatic carbocycles. The molecule has 0 bridgehead atoms. The lowest BCUT2D eigenvalue weighted by molar-refractivity contribution is 0.444. The van der Waals surface area contributed by atoms with E-state index < -0.39 is 0 Å². The molecule has 0 atom stereocenters. The Balaban J connectivity index is 1.17. The van der Waals surface area contributed by atoms with Gasteiger partial charge in [0.05, 0.1) is 11.4 Å². The van der Waals surface area contributed by atoms with Gasteiger partial charge in [-0.05, 0) is 142 Å². The van der Waals surface area contributed by atoms with E-state index in [1.807, 2.05) is 0 Å². The average molecular weight is 927 g/mol. The quantitative estimate of drug-likeness (QED) is 0.149. The summed E-state index contributed by atoms with van der Waals surface area (Å²) in [5.74, 6) is 1.88. The van der Waals surface area contributed by atoms with Gasteiger partial charge >= 0.3 is 0 Å². The van der Waals surface area contributed by atoms with Crippen LogP contribution in [0.25, 0.3) is 33.9 Å². The molecular formula is C66H67BN4. The summed E-state index contributed by atoms with van der Waals surface area (Å²) in [5.41, 5.74) is 22.0. The van der Waals surface area contributed by atoms with Crippen LogP contribution in [-0.2, 0) is 10.8 Å². The molecule has 71 heavy (non-hydrogen) atoms. The molecule has 0 N–H and O–H groups in total. The summed E-state index contributed by atoms with van der Waals surface area (Å²) in [4.78, 5) is 16.2. The Bertz CT molecular complexity index is 3020. The topological polar surface area (TPSA) is 32.3 Å². The van der Waals surface area contributed by atoms with Crippen molar-refractivity contribution in [2.24, 2.45) is 0 Å². The molecule has 0 amide bonds. The van der Waals surface area contributed by atoms with Crippen LogP contribution < -0.4 is 26.2 Å². The van der Waals surface area contributed by atoms with Gasteiger partial charge in [0.1, 0.15) is 0 Å². The van der Waals surface area contributed by atoms with Crippen LogP contribution in [0.3, 0.4) is 0 Å². The first-order valence-corrected chi connectivity index (χ1v) is 26.7. The van der Waals surface area contributed by atoms with Crippen molar-refractivity contribution in [1.29, 1.82) is 0 Å². The molecule has 5 heteroatoms. The second-order valence-electron chi connectivity index (χ2n) is 23.1. The third-order valence-corrected chi connectivity index (χ3v) is 16.4. The van der Waals surface area contributed by atoms with E-state index in [0.29, 0.717) is 17.7 Å². The molecule has 2 aliphatic heterocycles. The van der Waals surface area contributed by atoms with E-state index in [2.05, 4.69) is 215 Å². The minimum absolute atomic E-state index is 0.0256. The van der Waals surface area contributed by atoms with Gasteiger partial charge in [-0.25, -0.2) is 9.97 Å². The Hall–Kier alpha value is -6.72. The summed E-state index contributed by atoms with van der Waals surface area (Å²) >= 11 is 0. The number of fused-ring (bicyclic) bond motifs is 4. The summed E-state index contributed by atoms with van der Waals surface area (Å²) in [6.07, 6.45) is 13.0. The highest BCUT2D eigenvalue weighted by atomic mass is 15.2. The maximum Gasteiger partial charge on any atom is 0.252 e. The van der Waals surface area contributed by atoms with Crippen molar-refractivity contribution < 1.29 is 0 Å². The molecule has 0 radical (unpaired) electrons. The van der Waals surface area contributed by atoms with Gasteiger partial charge in [0, 0.05) is 50.8 Å². The van der Waals surface area contributed by atoms with Gasteiger partial charge in [0.15, 0.2) is 5.82 Å². The number of rotatable bonds is 7. The summed E-state index contributed by atoms with van der Waals surface area (Å²) in [7, 11) is 0. The first kappa shape index (κ1) is 45.4. The highest BCUT2D eigenvalue weighted by molar-refractivity contribution is 7.00. The van der Waals surface area contributed by atoms with Crippen molar-refractivity contribution in [3.8, 4) is 33.9 Å². The molecule has 354 valence electrons. The first-order chi connectivity index (χ1) is 34.5. The van der Waals surface area contributed by atoms with Crippen LogP contribution in [0, 0.1) is 0 Å². The zero-order chi connectivity index (χ0) is 48.4. The molecule has 0 saturated heterocycles. The van der Waals surface area contributed by atoms with Crippen LogP contribution >= 0.6 is 0 Å². The minimum Gasteiger partial charge on any atom is -0.311 e. The van der Waals surface area contributed by atoms with Crippen molar-refractivity contribution in [3.05, 3.63) is 186 Å². The Morgan fingerprint density at radius 3 is 1.21 bits per heavy atom. The van der Waals surface area contributed by atoms with Crippen molar-refractivity contribution in [1.82, 2.24) is 9.97 Å². The van der Waals surface area contributed by atoms with Gasteiger partial charge in [-0.15, -0.1) is 0 Å². The van der Waals surface area contributed by atoms with Crippen molar-refractivity contribution >= 4 is 57.2 Å². The summed E-state index contributed by atoms with van der Waals surface area (Å²) in [6.45, 7) is 13.9. The molecule has 12 rings (SSSR count). The van der Waals surface area contributed by atoms with Crippen molar-refractivity contribution in [2.75, 3.05) is 9.80 Å². The normalized spacial score (nSPS) is 16.1. The maximum atomic E-state index is 5.50. The lowest BCUT2D eigenvalue weighted by Gasteiger charge is -2.45. The monoisotopic (exact) mass is 927 g/mol. The minimum atomic E-state index is 0.0256. The molecule has 0 unspecified atom stereocenters. The van der Waals surface area contributed by atoms with Gasteiger partial charge < -0.3 is 9.80 Å². The largest absolute Gasteiger partial charge is 0.311 e. The molecule has 8 aromatic rings. The van der Waals surface area contributed by atoms with Crippen LogP contribution in [0.1, 0.15) is 140 Å². The smallest absolute Gasteiger partial charge is 0.252 e. The fraction of sp³-hybridized carbons (Fsp3) is 0.303. The molecule has 0 spiro atoms. The fourth-order valence-corrected chi connectivity index (χ4v) is 12.4. The summed E-state index contributed by atoms with van der Waals surface area (Å²) < 4.78 is 0. The molecule has 1 aromatic heterocycles. The lowest BCUT2D eigenvalue weighted by atomic mass is 9.33. The Morgan fingerprint density at radius 2 is 0.817 bits per heavy atom. The standard InChI is InChI=1S/C66H67BN4/c1-65(2,3)51-29-33-53(34-30-51)70-59-37-27-48(44-19-11-7-12-20-44)39-55(59)67-56-40-49(45-21-13-8-14-22-45)28-38-60(56)71(54-35-31-52(32-36-54)66(4,5)6)62-42-50(41-61(70)63(62)67)64-68-57(46-23-15-9-16-24-46)43-58(69-64)47-25-17-10-18-26-47/h9-10,15-18,23-45H,7-8,11-14,19-22H2,1-6H3. The predicted molar refractivity (Wildman–Crippen MR) is 301 cm³/mol. The highest BCUT2D eigenvalue weighted by Crippen LogP contribution is 2.48. The predicted octanol–water partition coefficient (Wildman–Crippen LogP) is 16.3. The van der Waals surface area contributed by atoms with Crippen LogP contribution in [0.15, 0.2) is 164 Å². The molecule has 4 aliphatic rings. The zero-order valence-electron chi connectivity index (χ0n) is 42.7. The maximum absolute atomic E-state index is 5.50. The molecular weight excluding hydrogens is 860 g/mol. The molecule has 3 heterocycles. The highest BCUT2D eigenvalue weighted by Gasteiger charge is 2.44. The van der Waals surface area contributed by atoms with Gasteiger partial charge in [-0.3, -0.25) is 0 Å². The van der Waals surface area contributed by atoms with Crippen LogP contribution in [0.4, 0.5) is 34.1 Å². The van der Waals surface area contributed by atoms with E-state index in [4.69, 9.17) is 9.97 Å². The number of hydrogen-bond acceptors (Lipinski definition) is 4. The van der Waals surface area contributed by atoms with Crippen molar-refractivity contribution in [3.63, 3.8) is 0 Å². The van der Waals surface area contributed by atoms with Crippen LogP contribution in [-0.4, -0.2) is 16.7 Å². The molecule has 4 nitrogen and oxygen atoms in total. The summed E-state index contributed by atoms with van der Waals surface area (Å²) in [6, 6.07) is 62.2. The van der Waals surface area contributed by atoms with Gasteiger partial charge in [-0.1, -0.05) is 189 Å². The number of aromatic nitrogens is 2. The second-order valence-corrected chi connectivity index (χ2v) is 23.1. The number of nitrogens with zero attached hydrogens (tertiary/aromatic N) is 4. The van der Waals surface area contributed by atoms with E-state index in [0.717, 1.165) is 39.5 Å². The molecule has 2 fully saturated rings. The number of hydrogen-bond donors (Lipinski definition) is 0. The Morgan fingerprint density at radius 1 is 0.408 bits per heavy atom. The average Bonchev–Trinajstić information content (AvgIpc) is 3.41. The Labute approximate surface area is 423 Å². The molecule has 2 saturated carbocycles. The second kappa shape index (κ2) is 18.2.